The summed E-state index contributed by atoms with van der Waals surface area (Å²) in [5.74, 6) is 0. The zero-order chi connectivity index (χ0) is 18.6. The standard InChI is InChI=1S/C20H20N4O2S.ClH/c25-24(26)18-4-2-1-3-17(18)20-6-5-16(27-20)14-23-12-11-22-13-19(23)15-7-9-21-10-8-15;/h1-10,19,22H,11-14H2;1H. The fraction of sp³-hybridized carbons (Fsp3) is 0.250. The van der Waals surface area contributed by atoms with Gasteiger partial charge < -0.3 is 5.32 Å². The van der Waals surface area contributed by atoms with E-state index in [9.17, 15) is 10.1 Å². The average Bonchev–Trinajstić information content (AvgIpc) is 3.17. The van der Waals surface area contributed by atoms with Gasteiger partial charge in [-0.15, -0.1) is 23.7 Å². The molecule has 3 aromatic rings. The van der Waals surface area contributed by atoms with Crippen LogP contribution in [0.2, 0.25) is 0 Å². The fourth-order valence-corrected chi connectivity index (χ4v) is 4.57. The van der Waals surface area contributed by atoms with Crippen LogP contribution in [0.4, 0.5) is 5.69 Å². The van der Waals surface area contributed by atoms with Crippen molar-refractivity contribution in [2.45, 2.75) is 12.6 Å². The molecular formula is C20H21ClN4O2S. The molecule has 1 unspecified atom stereocenters. The van der Waals surface area contributed by atoms with Crippen LogP contribution in [0.15, 0.2) is 60.9 Å². The van der Waals surface area contributed by atoms with Crippen molar-refractivity contribution in [2.75, 3.05) is 19.6 Å². The Bertz CT molecular complexity index is 935. The molecule has 0 aliphatic carbocycles. The van der Waals surface area contributed by atoms with Crippen molar-refractivity contribution in [1.29, 1.82) is 0 Å². The maximum atomic E-state index is 11.3. The topological polar surface area (TPSA) is 71.3 Å². The van der Waals surface area contributed by atoms with Gasteiger partial charge in [0.2, 0.25) is 0 Å². The van der Waals surface area contributed by atoms with E-state index in [1.165, 1.54) is 10.4 Å². The quantitative estimate of drug-likeness (QED) is 0.496. The summed E-state index contributed by atoms with van der Waals surface area (Å²) in [5, 5.41) is 14.8. The Morgan fingerprint density at radius 2 is 1.96 bits per heavy atom. The van der Waals surface area contributed by atoms with E-state index in [0.717, 1.165) is 31.1 Å². The first-order chi connectivity index (χ1) is 13.2. The summed E-state index contributed by atoms with van der Waals surface area (Å²) in [6.45, 7) is 3.67. The summed E-state index contributed by atoms with van der Waals surface area (Å²) in [4.78, 5) is 19.7. The van der Waals surface area contributed by atoms with Crippen LogP contribution < -0.4 is 5.32 Å². The van der Waals surface area contributed by atoms with Crippen molar-refractivity contribution in [1.82, 2.24) is 15.2 Å². The van der Waals surface area contributed by atoms with Gasteiger partial charge in [-0.3, -0.25) is 20.0 Å². The maximum Gasteiger partial charge on any atom is 0.278 e. The van der Waals surface area contributed by atoms with E-state index >= 15 is 0 Å². The molecule has 2 aromatic heterocycles. The molecule has 1 saturated heterocycles. The minimum absolute atomic E-state index is 0. The molecule has 1 aromatic carbocycles. The fourth-order valence-electron chi connectivity index (χ4n) is 3.50. The number of pyridine rings is 1. The van der Waals surface area contributed by atoms with E-state index < -0.39 is 0 Å². The normalized spacial score (nSPS) is 17.1. The van der Waals surface area contributed by atoms with Crippen LogP contribution in [-0.2, 0) is 6.54 Å². The van der Waals surface area contributed by atoms with Gasteiger partial charge in [0.15, 0.2) is 0 Å². The molecule has 1 N–H and O–H groups in total. The lowest BCUT2D eigenvalue weighted by molar-refractivity contribution is -0.384. The zero-order valence-electron chi connectivity index (χ0n) is 15.2. The third kappa shape index (κ3) is 4.39. The number of hydrogen-bond acceptors (Lipinski definition) is 6. The Morgan fingerprint density at radius 1 is 1.18 bits per heavy atom. The highest BCUT2D eigenvalue weighted by molar-refractivity contribution is 7.15. The van der Waals surface area contributed by atoms with Crippen LogP contribution in [-0.4, -0.2) is 34.4 Å². The Balaban J connectivity index is 0.00000225. The first kappa shape index (κ1) is 20.4. The molecule has 1 atom stereocenters. The van der Waals surface area contributed by atoms with E-state index in [-0.39, 0.29) is 23.0 Å². The molecule has 8 heteroatoms. The summed E-state index contributed by atoms with van der Waals surface area (Å²) >= 11 is 1.63. The van der Waals surface area contributed by atoms with Gasteiger partial charge in [0.1, 0.15) is 0 Å². The van der Waals surface area contributed by atoms with Gasteiger partial charge in [-0.1, -0.05) is 12.1 Å². The van der Waals surface area contributed by atoms with Gasteiger partial charge in [-0.25, -0.2) is 0 Å². The molecule has 4 rings (SSSR count). The molecule has 3 heterocycles. The largest absolute Gasteiger partial charge is 0.314 e. The minimum Gasteiger partial charge on any atom is -0.314 e. The van der Waals surface area contributed by atoms with E-state index in [1.807, 2.05) is 30.6 Å². The molecule has 0 amide bonds. The number of halogens is 1. The summed E-state index contributed by atoms with van der Waals surface area (Å²) in [5.41, 5.74) is 2.10. The van der Waals surface area contributed by atoms with Gasteiger partial charge in [0.25, 0.3) is 5.69 Å². The van der Waals surface area contributed by atoms with Crippen molar-refractivity contribution in [3.05, 3.63) is 81.5 Å². The summed E-state index contributed by atoms with van der Waals surface area (Å²) in [7, 11) is 0. The highest BCUT2D eigenvalue weighted by Crippen LogP contribution is 2.35. The lowest BCUT2D eigenvalue weighted by Crippen LogP contribution is -2.45. The average molecular weight is 417 g/mol. The first-order valence-electron chi connectivity index (χ1n) is 8.89. The van der Waals surface area contributed by atoms with Crippen molar-refractivity contribution in [3.63, 3.8) is 0 Å². The second-order valence-electron chi connectivity index (χ2n) is 6.51. The van der Waals surface area contributed by atoms with E-state index in [1.54, 1.807) is 23.5 Å². The van der Waals surface area contributed by atoms with E-state index in [4.69, 9.17) is 0 Å². The molecule has 0 radical (unpaired) electrons. The third-order valence-electron chi connectivity index (χ3n) is 4.83. The molecule has 28 heavy (non-hydrogen) atoms. The lowest BCUT2D eigenvalue weighted by Gasteiger charge is -2.36. The monoisotopic (exact) mass is 416 g/mol. The van der Waals surface area contributed by atoms with Gasteiger partial charge in [-0.2, -0.15) is 0 Å². The Hall–Kier alpha value is -2.32. The predicted molar refractivity (Wildman–Crippen MR) is 114 cm³/mol. The van der Waals surface area contributed by atoms with Crippen molar-refractivity contribution in [3.8, 4) is 10.4 Å². The molecule has 1 aliphatic heterocycles. The minimum atomic E-state index is -0.315. The van der Waals surface area contributed by atoms with Crippen molar-refractivity contribution in [2.24, 2.45) is 0 Å². The second-order valence-corrected chi connectivity index (χ2v) is 7.68. The van der Waals surface area contributed by atoms with Gasteiger partial charge in [-0.05, 0) is 35.9 Å². The van der Waals surface area contributed by atoms with Gasteiger partial charge in [0, 0.05) is 60.4 Å². The number of para-hydroxylation sites is 1. The predicted octanol–water partition coefficient (Wildman–Crippen LogP) is 4.29. The Labute approximate surface area is 173 Å². The van der Waals surface area contributed by atoms with Crippen molar-refractivity contribution < 1.29 is 4.92 Å². The number of aromatic nitrogens is 1. The number of nitro groups is 1. The molecule has 0 saturated carbocycles. The van der Waals surface area contributed by atoms with Crippen LogP contribution in [0.1, 0.15) is 16.5 Å². The van der Waals surface area contributed by atoms with Gasteiger partial charge >= 0.3 is 0 Å². The van der Waals surface area contributed by atoms with E-state index in [0.29, 0.717) is 11.6 Å². The number of thiophene rings is 1. The molecule has 0 bridgehead atoms. The van der Waals surface area contributed by atoms with Crippen LogP contribution >= 0.6 is 23.7 Å². The van der Waals surface area contributed by atoms with E-state index in [2.05, 4.69) is 33.4 Å². The molecular weight excluding hydrogens is 396 g/mol. The Kier molecular flexibility index (Phi) is 6.74. The number of benzene rings is 1. The van der Waals surface area contributed by atoms with Crippen LogP contribution in [0.25, 0.3) is 10.4 Å². The molecule has 6 nitrogen and oxygen atoms in total. The number of nitrogens with one attached hydrogen (secondary N) is 1. The van der Waals surface area contributed by atoms with Crippen LogP contribution in [0, 0.1) is 10.1 Å². The highest BCUT2D eigenvalue weighted by atomic mass is 35.5. The molecule has 0 spiro atoms. The summed E-state index contributed by atoms with van der Waals surface area (Å²) in [6, 6.07) is 15.4. The van der Waals surface area contributed by atoms with Gasteiger partial charge in [0.05, 0.1) is 10.5 Å². The number of hydrogen-bond donors (Lipinski definition) is 1. The number of nitrogens with zero attached hydrogens (tertiary/aromatic N) is 3. The summed E-state index contributed by atoms with van der Waals surface area (Å²) in [6.07, 6.45) is 3.67. The maximum absolute atomic E-state index is 11.3. The number of rotatable bonds is 5. The molecule has 146 valence electrons. The highest BCUT2D eigenvalue weighted by Gasteiger charge is 2.24. The SMILES string of the molecule is Cl.O=[N+]([O-])c1ccccc1-c1ccc(CN2CCNCC2c2ccncc2)s1. The van der Waals surface area contributed by atoms with Crippen LogP contribution in [0.3, 0.4) is 0 Å². The molecule has 1 fully saturated rings. The smallest absolute Gasteiger partial charge is 0.278 e. The molecule has 1 aliphatic rings. The van der Waals surface area contributed by atoms with Crippen LogP contribution in [0.5, 0.6) is 0 Å². The summed E-state index contributed by atoms with van der Waals surface area (Å²) < 4.78 is 0. The zero-order valence-corrected chi connectivity index (χ0v) is 16.8. The lowest BCUT2D eigenvalue weighted by atomic mass is 10.0. The third-order valence-corrected chi connectivity index (χ3v) is 5.94. The Morgan fingerprint density at radius 3 is 2.75 bits per heavy atom. The first-order valence-corrected chi connectivity index (χ1v) is 9.71. The van der Waals surface area contributed by atoms with Crippen molar-refractivity contribution >= 4 is 29.4 Å². The second kappa shape index (κ2) is 9.25. The number of piperazine rings is 1. The number of nitro benzene ring substituents is 1.